The van der Waals surface area contributed by atoms with Crippen LogP contribution in [0.15, 0.2) is 24.3 Å². The number of aromatic hydroxyl groups is 1. The quantitative estimate of drug-likeness (QED) is 0.769. The Morgan fingerprint density at radius 2 is 2.27 bits per heavy atom. The average Bonchev–Trinajstić information content (AvgIpc) is 2.25. The van der Waals surface area contributed by atoms with Crippen LogP contribution in [-0.2, 0) is 0 Å². The number of nitrogens with zero attached hydrogens (tertiary/aromatic N) is 1. The Morgan fingerprint density at radius 1 is 1.53 bits per heavy atom. The molecular formula is C11H16N2O2. The Labute approximate surface area is 89.3 Å². The predicted octanol–water partition coefficient (Wildman–Crippen LogP) is 0.813. The highest BCUT2D eigenvalue weighted by Crippen LogP contribution is 2.12. The first kappa shape index (κ1) is 11.5. The number of benzene rings is 1. The van der Waals surface area contributed by atoms with Crippen molar-refractivity contribution in [3.05, 3.63) is 29.8 Å². The summed E-state index contributed by atoms with van der Waals surface area (Å²) in [5.41, 5.74) is 5.90. The van der Waals surface area contributed by atoms with Gasteiger partial charge in [0.15, 0.2) is 0 Å². The minimum Gasteiger partial charge on any atom is -0.508 e. The molecule has 0 fully saturated rings. The van der Waals surface area contributed by atoms with E-state index in [0.29, 0.717) is 25.2 Å². The molecule has 0 saturated carbocycles. The molecule has 0 saturated heterocycles. The van der Waals surface area contributed by atoms with Crippen LogP contribution < -0.4 is 5.73 Å². The lowest BCUT2D eigenvalue weighted by Crippen LogP contribution is -2.35. The highest BCUT2D eigenvalue weighted by molar-refractivity contribution is 5.94. The maximum atomic E-state index is 11.9. The second-order valence-corrected chi connectivity index (χ2v) is 3.22. The summed E-state index contributed by atoms with van der Waals surface area (Å²) in [5.74, 6) is 0.00324. The third kappa shape index (κ3) is 2.95. The van der Waals surface area contributed by atoms with Crippen LogP contribution in [0.5, 0.6) is 5.75 Å². The van der Waals surface area contributed by atoms with Crippen molar-refractivity contribution in [1.29, 1.82) is 0 Å². The number of hydrogen-bond acceptors (Lipinski definition) is 3. The molecular weight excluding hydrogens is 192 g/mol. The molecule has 15 heavy (non-hydrogen) atoms. The Balaban J connectivity index is 2.82. The maximum Gasteiger partial charge on any atom is 0.254 e. The molecule has 0 aliphatic rings. The van der Waals surface area contributed by atoms with E-state index in [-0.39, 0.29) is 11.7 Å². The van der Waals surface area contributed by atoms with Gasteiger partial charge in [-0.05, 0) is 25.1 Å². The van der Waals surface area contributed by atoms with E-state index in [1.807, 2.05) is 6.92 Å². The molecule has 1 amide bonds. The number of phenolic OH excluding ortho intramolecular Hbond substituents is 1. The second-order valence-electron chi connectivity index (χ2n) is 3.22. The van der Waals surface area contributed by atoms with Crippen LogP contribution in [-0.4, -0.2) is 35.5 Å². The number of amides is 1. The fraction of sp³-hybridized carbons (Fsp3) is 0.364. The molecule has 4 heteroatoms. The van der Waals surface area contributed by atoms with Crippen molar-refractivity contribution < 1.29 is 9.90 Å². The van der Waals surface area contributed by atoms with Crippen LogP contribution >= 0.6 is 0 Å². The van der Waals surface area contributed by atoms with Crippen molar-refractivity contribution in [2.24, 2.45) is 5.73 Å². The number of carbonyl (C=O) groups excluding carboxylic acids is 1. The largest absolute Gasteiger partial charge is 0.508 e. The third-order valence-electron chi connectivity index (χ3n) is 2.16. The molecule has 0 heterocycles. The van der Waals surface area contributed by atoms with E-state index in [2.05, 4.69) is 0 Å². The molecule has 0 bridgehead atoms. The Kier molecular flexibility index (Phi) is 4.12. The Bertz CT molecular complexity index is 339. The van der Waals surface area contributed by atoms with Crippen molar-refractivity contribution in [1.82, 2.24) is 4.90 Å². The van der Waals surface area contributed by atoms with Gasteiger partial charge in [0, 0.05) is 25.2 Å². The lowest BCUT2D eigenvalue weighted by atomic mass is 10.2. The normalized spacial score (nSPS) is 10.0. The van der Waals surface area contributed by atoms with Gasteiger partial charge in [-0.1, -0.05) is 6.07 Å². The molecule has 1 rings (SSSR count). The predicted molar refractivity (Wildman–Crippen MR) is 58.7 cm³/mol. The van der Waals surface area contributed by atoms with Gasteiger partial charge in [0.25, 0.3) is 5.91 Å². The van der Waals surface area contributed by atoms with Gasteiger partial charge in [-0.15, -0.1) is 0 Å². The zero-order valence-electron chi connectivity index (χ0n) is 8.81. The molecule has 0 unspecified atom stereocenters. The number of phenols is 1. The third-order valence-corrected chi connectivity index (χ3v) is 2.16. The summed E-state index contributed by atoms with van der Waals surface area (Å²) in [6.45, 7) is 3.49. The minimum absolute atomic E-state index is 0.0983. The van der Waals surface area contributed by atoms with E-state index in [1.54, 1.807) is 17.0 Å². The summed E-state index contributed by atoms with van der Waals surface area (Å²) in [5, 5.41) is 9.25. The van der Waals surface area contributed by atoms with E-state index < -0.39 is 0 Å². The summed E-state index contributed by atoms with van der Waals surface area (Å²) in [6.07, 6.45) is 0. The molecule has 0 aliphatic heterocycles. The van der Waals surface area contributed by atoms with E-state index in [9.17, 15) is 9.90 Å². The number of rotatable bonds is 4. The number of carbonyl (C=O) groups is 1. The first-order chi connectivity index (χ1) is 7.19. The Morgan fingerprint density at radius 3 is 2.80 bits per heavy atom. The van der Waals surface area contributed by atoms with E-state index in [1.165, 1.54) is 12.1 Å². The first-order valence-electron chi connectivity index (χ1n) is 4.97. The van der Waals surface area contributed by atoms with Gasteiger partial charge in [0.2, 0.25) is 0 Å². The molecule has 3 N–H and O–H groups in total. The van der Waals surface area contributed by atoms with Gasteiger partial charge in [-0.25, -0.2) is 0 Å². The minimum atomic E-state index is -0.0983. The van der Waals surface area contributed by atoms with Crippen LogP contribution in [0.3, 0.4) is 0 Å². The zero-order chi connectivity index (χ0) is 11.3. The summed E-state index contributed by atoms with van der Waals surface area (Å²) in [6, 6.07) is 6.33. The smallest absolute Gasteiger partial charge is 0.254 e. The molecule has 1 aromatic rings. The SMILES string of the molecule is CCN(CCN)C(=O)c1cccc(O)c1. The first-order valence-corrected chi connectivity index (χ1v) is 4.97. The van der Waals surface area contributed by atoms with Crippen LogP contribution in [0.2, 0.25) is 0 Å². The van der Waals surface area contributed by atoms with Gasteiger partial charge in [-0.2, -0.15) is 0 Å². The fourth-order valence-corrected chi connectivity index (χ4v) is 1.38. The number of hydrogen-bond donors (Lipinski definition) is 2. The van der Waals surface area contributed by atoms with Crippen molar-refractivity contribution in [3.8, 4) is 5.75 Å². The topological polar surface area (TPSA) is 66.6 Å². The zero-order valence-corrected chi connectivity index (χ0v) is 8.81. The molecule has 82 valence electrons. The molecule has 0 spiro atoms. The number of likely N-dealkylation sites (N-methyl/N-ethyl adjacent to an activating group) is 1. The lowest BCUT2D eigenvalue weighted by Gasteiger charge is -2.19. The van der Waals surface area contributed by atoms with E-state index in [0.717, 1.165) is 0 Å². The van der Waals surface area contributed by atoms with E-state index in [4.69, 9.17) is 5.73 Å². The summed E-state index contributed by atoms with van der Waals surface area (Å²) >= 11 is 0. The van der Waals surface area contributed by atoms with Crippen molar-refractivity contribution in [2.45, 2.75) is 6.92 Å². The van der Waals surface area contributed by atoms with Gasteiger partial charge in [-0.3, -0.25) is 4.79 Å². The van der Waals surface area contributed by atoms with Crippen molar-refractivity contribution in [2.75, 3.05) is 19.6 Å². The van der Waals surface area contributed by atoms with Gasteiger partial charge < -0.3 is 15.7 Å². The molecule has 1 aromatic carbocycles. The van der Waals surface area contributed by atoms with Gasteiger partial charge in [0.1, 0.15) is 5.75 Å². The second kappa shape index (κ2) is 5.36. The van der Waals surface area contributed by atoms with Crippen LogP contribution in [0.1, 0.15) is 17.3 Å². The maximum absolute atomic E-state index is 11.9. The van der Waals surface area contributed by atoms with Crippen LogP contribution in [0.25, 0.3) is 0 Å². The van der Waals surface area contributed by atoms with Crippen molar-refractivity contribution in [3.63, 3.8) is 0 Å². The monoisotopic (exact) mass is 208 g/mol. The standard InChI is InChI=1S/C11H16N2O2/c1-2-13(7-6-12)11(15)9-4-3-5-10(14)8-9/h3-5,8,14H,2,6-7,12H2,1H3. The number of nitrogens with two attached hydrogens (primary N) is 1. The highest BCUT2D eigenvalue weighted by Gasteiger charge is 2.13. The molecule has 0 aliphatic carbocycles. The van der Waals surface area contributed by atoms with Crippen molar-refractivity contribution >= 4 is 5.91 Å². The molecule has 0 radical (unpaired) electrons. The summed E-state index contributed by atoms with van der Waals surface area (Å²) in [4.78, 5) is 13.5. The highest BCUT2D eigenvalue weighted by atomic mass is 16.3. The molecule has 4 nitrogen and oxygen atoms in total. The average molecular weight is 208 g/mol. The lowest BCUT2D eigenvalue weighted by molar-refractivity contribution is 0.0768. The summed E-state index contributed by atoms with van der Waals surface area (Å²) in [7, 11) is 0. The molecule has 0 aromatic heterocycles. The fourth-order valence-electron chi connectivity index (χ4n) is 1.38. The van der Waals surface area contributed by atoms with Crippen LogP contribution in [0.4, 0.5) is 0 Å². The van der Waals surface area contributed by atoms with Gasteiger partial charge >= 0.3 is 0 Å². The Hall–Kier alpha value is -1.55. The summed E-state index contributed by atoms with van der Waals surface area (Å²) < 4.78 is 0. The van der Waals surface area contributed by atoms with Crippen LogP contribution in [0, 0.1) is 0 Å². The molecule has 0 atom stereocenters. The van der Waals surface area contributed by atoms with Gasteiger partial charge in [0.05, 0.1) is 0 Å². The van der Waals surface area contributed by atoms with E-state index >= 15 is 0 Å².